The van der Waals surface area contributed by atoms with Gasteiger partial charge in [0.1, 0.15) is 6.61 Å². The molecule has 0 spiro atoms. The number of carbonyl (C=O) groups is 1. The van der Waals surface area contributed by atoms with E-state index in [0.717, 1.165) is 17.7 Å². The fourth-order valence-electron chi connectivity index (χ4n) is 2.77. The van der Waals surface area contributed by atoms with Gasteiger partial charge in [-0.3, -0.25) is 10.1 Å². The van der Waals surface area contributed by atoms with Crippen LogP contribution in [0.1, 0.15) is 18.4 Å². The second kappa shape index (κ2) is 7.81. The first-order chi connectivity index (χ1) is 12.5. The number of anilines is 1. The van der Waals surface area contributed by atoms with Gasteiger partial charge in [0.25, 0.3) is 0 Å². The van der Waals surface area contributed by atoms with Crippen molar-refractivity contribution in [3.63, 3.8) is 0 Å². The maximum absolute atomic E-state index is 13.6. The third kappa shape index (κ3) is 4.47. The Morgan fingerprint density at radius 2 is 1.92 bits per heavy atom. The molecule has 2 aromatic rings. The molecule has 26 heavy (non-hydrogen) atoms. The number of ether oxygens (including phenoxy) is 1. The molecule has 7 nitrogen and oxygen atoms in total. The molecule has 0 bridgehead atoms. The Labute approximate surface area is 149 Å². The maximum atomic E-state index is 13.6. The lowest BCUT2D eigenvalue weighted by atomic mass is 9.86. The van der Waals surface area contributed by atoms with Crippen LogP contribution in [0.25, 0.3) is 0 Å². The quantitative estimate of drug-likeness (QED) is 0.607. The smallest absolute Gasteiger partial charge is 0.407 e. The van der Waals surface area contributed by atoms with Crippen LogP contribution in [0.2, 0.25) is 0 Å². The highest BCUT2D eigenvalue weighted by atomic mass is 19.1. The minimum atomic E-state index is -0.876. The second-order valence-electron chi connectivity index (χ2n) is 6.14. The molecule has 0 atom stereocenters. The molecule has 8 heteroatoms. The Bertz CT molecular complexity index is 794. The van der Waals surface area contributed by atoms with E-state index in [9.17, 15) is 19.3 Å². The highest BCUT2D eigenvalue weighted by Crippen LogP contribution is 2.27. The number of benzene rings is 2. The predicted molar refractivity (Wildman–Crippen MR) is 93.2 cm³/mol. The van der Waals surface area contributed by atoms with E-state index in [1.807, 2.05) is 30.3 Å². The molecule has 0 aliphatic heterocycles. The van der Waals surface area contributed by atoms with Crippen molar-refractivity contribution in [1.29, 1.82) is 0 Å². The normalized spacial score (nSPS) is 18.5. The largest absolute Gasteiger partial charge is 0.445 e. The van der Waals surface area contributed by atoms with Gasteiger partial charge in [-0.25, -0.2) is 4.79 Å². The first-order valence-corrected chi connectivity index (χ1v) is 8.19. The Balaban J connectivity index is 1.39. The zero-order valence-electron chi connectivity index (χ0n) is 13.9. The van der Waals surface area contributed by atoms with Crippen molar-refractivity contribution in [3.8, 4) is 0 Å². The summed E-state index contributed by atoms with van der Waals surface area (Å²) in [5.74, 6) is -0.876. The summed E-state index contributed by atoms with van der Waals surface area (Å²) in [5.41, 5.74) is 0.837. The van der Waals surface area contributed by atoms with Crippen LogP contribution in [-0.4, -0.2) is 23.1 Å². The van der Waals surface area contributed by atoms with Crippen LogP contribution in [0.3, 0.4) is 0 Å². The van der Waals surface area contributed by atoms with E-state index >= 15 is 0 Å². The van der Waals surface area contributed by atoms with Gasteiger partial charge < -0.3 is 15.4 Å². The number of hydrogen-bond acceptors (Lipinski definition) is 5. The maximum Gasteiger partial charge on any atom is 0.407 e. The molecular formula is C18H18FN3O4. The molecule has 136 valence electrons. The van der Waals surface area contributed by atoms with E-state index in [1.54, 1.807) is 0 Å². The van der Waals surface area contributed by atoms with Gasteiger partial charge in [-0.2, -0.15) is 4.39 Å². The Hall–Kier alpha value is -3.16. The van der Waals surface area contributed by atoms with Crippen molar-refractivity contribution in [1.82, 2.24) is 5.32 Å². The molecule has 0 unspecified atom stereocenters. The average Bonchev–Trinajstić information content (AvgIpc) is 2.59. The summed E-state index contributed by atoms with van der Waals surface area (Å²) >= 11 is 0. The van der Waals surface area contributed by atoms with Crippen molar-refractivity contribution < 1.29 is 18.8 Å². The van der Waals surface area contributed by atoms with Crippen LogP contribution in [0, 0.1) is 15.9 Å². The van der Waals surface area contributed by atoms with Gasteiger partial charge in [0.05, 0.1) is 4.92 Å². The van der Waals surface area contributed by atoms with E-state index in [1.165, 1.54) is 6.07 Å². The number of halogens is 1. The minimum absolute atomic E-state index is 0.0151. The lowest BCUT2D eigenvalue weighted by molar-refractivity contribution is -0.387. The lowest BCUT2D eigenvalue weighted by Gasteiger charge is -2.36. The molecule has 0 radical (unpaired) electrons. The molecule has 1 saturated carbocycles. The van der Waals surface area contributed by atoms with Gasteiger partial charge in [0.2, 0.25) is 5.82 Å². The first-order valence-electron chi connectivity index (χ1n) is 8.19. The van der Waals surface area contributed by atoms with Crippen molar-refractivity contribution in [2.75, 3.05) is 5.32 Å². The van der Waals surface area contributed by atoms with Gasteiger partial charge in [0, 0.05) is 29.9 Å². The van der Waals surface area contributed by atoms with Crippen LogP contribution < -0.4 is 10.6 Å². The van der Waals surface area contributed by atoms with E-state index in [0.29, 0.717) is 18.5 Å². The van der Waals surface area contributed by atoms with Crippen LogP contribution in [-0.2, 0) is 11.3 Å². The standard InChI is InChI=1S/C18H18FN3O4/c19-16-10-13(6-7-17(16)22(24)25)20-14-8-15(9-14)21-18(23)26-11-12-4-2-1-3-5-12/h1-7,10,14-15,20H,8-9,11H2,(H,21,23). The zero-order valence-corrected chi connectivity index (χ0v) is 13.9. The van der Waals surface area contributed by atoms with Gasteiger partial charge in [-0.05, 0) is 24.5 Å². The summed E-state index contributed by atoms with van der Waals surface area (Å²) in [4.78, 5) is 21.6. The minimum Gasteiger partial charge on any atom is -0.445 e. The third-order valence-corrected chi connectivity index (χ3v) is 4.19. The molecule has 2 N–H and O–H groups in total. The molecule has 0 saturated heterocycles. The molecule has 1 aliphatic carbocycles. The Morgan fingerprint density at radius 1 is 1.19 bits per heavy atom. The number of nitrogens with zero attached hydrogens (tertiary/aromatic N) is 1. The summed E-state index contributed by atoms with van der Waals surface area (Å²) in [6, 6.07) is 13.1. The Kier molecular flexibility index (Phi) is 5.31. The van der Waals surface area contributed by atoms with Crippen molar-refractivity contribution in [3.05, 3.63) is 70.0 Å². The second-order valence-corrected chi connectivity index (χ2v) is 6.14. The fraction of sp³-hybridized carbons (Fsp3) is 0.278. The molecule has 2 aromatic carbocycles. The number of alkyl carbamates (subject to hydrolysis) is 1. The van der Waals surface area contributed by atoms with Crippen LogP contribution in [0.5, 0.6) is 0 Å². The summed E-state index contributed by atoms with van der Waals surface area (Å²) in [6.07, 6.45) is 0.858. The fourth-order valence-corrected chi connectivity index (χ4v) is 2.77. The first kappa shape index (κ1) is 17.7. The van der Waals surface area contributed by atoms with E-state index in [4.69, 9.17) is 4.74 Å². The molecule has 1 aliphatic rings. The molecule has 1 amide bonds. The van der Waals surface area contributed by atoms with Gasteiger partial charge in [-0.15, -0.1) is 0 Å². The van der Waals surface area contributed by atoms with Gasteiger partial charge in [-0.1, -0.05) is 30.3 Å². The molecule has 0 heterocycles. The average molecular weight is 359 g/mol. The van der Waals surface area contributed by atoms with Crippen molar-refractivity contribution >= 4 is 17.5 Å². The van der Waals surface area contributed by atoms with Gasteiger partial charge in [0.15, 0.2) is 0 Å². The molecule has 0 aromatic heterocycles. The van der Waals surface area contributed by atoms with Crippen LogP contribution in [0.4, 0.5) is 20.6 Å². The van der Waals surface area contributed by atoms with Gasteiger partial charge >= 0.3 is 11.8 Å². The van der Waals surface area contributed by atoms with E-state index in [-0.39, 0.29) is 18.7 Å². The molecule has 3 rings (SSSR count). The lowest BCUT2D eigenvalue weighted by Crippen LogP contribution is -2.49. The number of rotatable bonds is 6. The van der Waals surface area contributed by atoms with Crippen LogP contribution >= 0.6 is 0 Å². The van der Waals surface area contributed by atoms with Crippen molar-refractivity contribution in [2.24, 2.45) is 0 Å². The highest BCUT2D eigenvalue weighted by molar-refractivity contribution is 5.67. The number of hydrogen-bond donors (Lipinski definition) is 2. The summed E-state index contributed by atoms with van der Waals surface area (Å²) in [7, 11) is 0. The number of amides is 1. The summed E-state index contributed by atoms with van der Waals surface area (Å²) < 4.78 is 18.7. The molecule has 1 fully saturated rings. The predicted octanol–water partition coefficient (Wildman–Crippen LogP) is 3.60. The SMILES string of the molecule is O=C(NC1CC(Nc2ccc([N+](=O)[O-])c(F)c2)C1)OCc1ccccc1. The van der Waals surface area contributed by atoms with Crippen molar-refractivity contribution in [2.45, 2.75) is 31.5 Å². The summed E-state index contributed by atoms with van der Waals surface area (Å²) in [5, 5.41) is 16.5. The number of carbonyl (C=O) groups excluding carboxylic acids is 1. The van der Waals surface area contributed by atoms with Crippen LogP contribution in [0.15, 0.2) is 48.5 Å². The number of nitrogens with one attached hydrogen (secondary N) is 2. The highest BCUT2D eigenvalue weighted by Gasteiger charge is 2.31. The summed E-state index contributed by atoms with van der Waals surface area (Å²) in [6.45, 7) is 0.211. The van der Waals surface area contributed by atoms with E-state index in [2.05, 4.69) is 10.6 Å². The molecular weight excluding hydrogens is 341 g/mol. The zero-order chi connectivity index (χ0) is 18.5. The van der Waals surface area contributed by atoms with E-state index < -0.39 is 22.5 Å². The third-order valence-electron chi connectivity index (χ3n) is 4.19. The monoisotopic (exact) mass is 359 g/mol. The number of nitro benzene ring substituents is 1. The topological polar surface area (TPSA) is 93.5 Å². The number of nitro groups is 1. The Morgan fingerprint density at radius 3 is 2.58 bits per heavy atom.